The summed E-state index contributed by atoms with van der Waals surface area (Å²) in [4.78, 5) is 16.5. The molecule has 2 aromatic heterocycles. The van der Waals surface area contributed by atoms with Gasteiger partial charge in [-0.1, -0.05) is 18.0 Å². The molecule has 3 heterocycles. The zero-order valence-electron chi connectivity index (χ0n) is 16.4. The van der Waals surface area contributed by atoms with Crippen molar-refractivity contribution in [1.29, 1.82) is 0 Å². The fourth-order valence-corrected chi connectivity index (χ4v) is 6.84. The van der Waals surface area contributed by atoms with Gasteiger partial charge < -0.3 is 9.26 Å². The van der Waals surface area contributed by atoms with Crippen molar-refractivity contribution in [2.75, 3.05) is 19.7 Å². The van der Waals surface area contributed by atoms with Crippen LogP contribution in [0.4, 0.5) is 0 Å². The smallest absolute Gasteiger partial charge is 0.310 e. The summed E-state index contributed by atoms with van der Waals surface area (Å²) in [5, 5.41) is 5.78. The molecule has 0 bridgehead atoms. The molecule has 0 unspecified atom stereocenters. The van der Waals surface area contributed by atoms with E-state index in [4.69, 9.17) is 9.26 Å². The number of thiophene rings is 1. The Labute approximate surface area is 174 Å². The maximum atomic E-state index is 13.1. The highest BCUT2D eigenvalue weighted by Crippen LogP contribution is 2.35. The Morgan fingerprint density at radius 1 is 1.31 bits per heavy atom. The number of piperidine rings is 1. The van der Waals surface area contributed by atoms with Gasteiger partial charge in [-0.05, 0) is 38.7 Å². The van der Waals surface area contributed by atoms with Gasteiger partial charge in [-0.25, -0.2) is 8.42 Å². The molecule has 1 saturated heterocycles. The minimum absolute atomic E-state index is 0.155. The molecule has 0 spiro atoms. The van der Waals surface area contributed by atoms with Gasteiger partial charge in [0.25, 0.3) is 10.0 Å². The average Bonchev–Trinajstić information content (AvgIpc) is 3.49. The lowest BCUT2D eigenvalue weighted by molar-refractivity contribution is -0.149. The molecule has 0 amide bonds. The van der Waals surface area contributed by atoms with Crippen LogP contribution in [0.3, 0.4) is 0 Å². The summed E-state index contributed by atoms with van der Waals surface area (Å²) >= 11 is 1.14. The predicted molar refractivity (Wildman–Crippen MR) is 107 cm³/mol. The van der Waals surface area contributed by atoms with Gasteiger partial charge in [-0.15, -0.1) is 11.3 Å². The molecule has 2 aliphatic rings. The Balaban J connectivity index is 1.50. The van der Waals surface area contributed by atoms with Crippen molar-refractivity contribution in [3.63, 3.8) is 0 Å². The summed E-state index contributed by atoms with van der Waals surface area (Å²) in [6.07, 6.45) is 5.74. The third-order valence-corrected chi connectivity index (χ3v) is 8.86. The third-order valence-electron chi connectivity index (χ3n) is 5.58. The van der Waals surface area contributed by atoms with E-state index in [2.05, 4.69) is 10.1 Å². The highest BCUT2D eigenvalue weighted by atomic mass is 32.2. The van der Waals surface area contributed by atoms with Crippen molar-refractivity contribution >= 4 is 27.3 Å². The van der Waals surface area contributed by atoms with Gasteiger partial charge in [0.1, 0.15) is 4.21 Å². The number of nitrogens with zero attached hydrogens (tertiary/aromatic N) is 3. The molecule has 158 valence electrons. The zero-order chi connectivity index (χ0) is 20.4. The number of ether oxygens (including phenoxy) is 1. The maximum absolute atomic E-state index is 13.1. The van der Waals surface area contributed by atoms with E-state index >= 15 is 0 Å². The second-order valence-corrected chi connectivity index (χ2v) is 10.6. The van der Waals surface area contributed by atoms with Crippen LogP contribution in [0.2, 0.25) is 0 Å². The second kappa shape index (κ2) is 8.53. The van der Waals surface area contributed by atoms with Crippen molar-refractivity contribution in [3.8, 4) is 11.4 Å². The lowest BCUT2D eigenvalue weighted by Crippen LogP contribution is -2.42. The molecule has 2 fully saturated rings. The lowest BCUT2D eigenvalue weighted by Gasteiger charge is -2.30. The Morgan fingerprint density at radius 2 is 2.10 bits per heavy atom. The fourth-order valence-electron chi connectivity index (χ4n) is 4.00. The van der Waals surface area contributed by atoms with E-state index in [1.54, 1.807) is 18.4 Å². The normalized spacial score (nSPS) is 21.5. The van der Waals surface area contributed by atoms with Gasteiger partial charge in [0.05, 0.1) is 12.5 Å². The molecule has 0 N–H and O–H groups in total. The number of rotatable bonds is 6. The molecule has 1 aliphatic heterocycles. The van der Waals surface area contributed by atoms with Crippen LogP contribution in [-0.2, 0) is 19.6 Å². The highest BCUT2D eigenvalue weighted by Gasteiger charge is 2.35. The molecule has 1 saturated carbocycles. The van der Waals surface area contributed by atoms with Crippen LogP contribution in [-0.4, -0.2) is 48.5 Å². The van der Waals surface area contributed by atoms with Crippen LogP contribution in [0.25, 0.3) is 11.4 Å². The topological polar surface area (TPSA) is 103 Å². The van der Waals surface area contributed by atoms with Gasteiger partial charge in [0, 0.05) is 30.0 Å². The van der Waals surface area contributed by atoms with E-state index < -0.39 is 15.9 Å². The van der Waals surface area contributed by atoms with E-state index in [0.29, 0.717) is 49.2 Å². The Bertz CT molecular complexity index is 962. The van der Waals surface area contributed by atoms with Crippen molar-refractivity contribution in [1.82, 2.24) is 14.4 Å². The first kappa shape index (κ1) is 20.5. The quantitative estimate of drug-likeness (QED) is 0.635. The van der Waals surface area contributed by atoms with E-state index in [0.717, 1.165) is 24.2 Å². The van der Waals surface area contributed by atoms with Crippen molar-refractivity contribution in [2.24, 2.45) is 5.92 Å². The number of hydrogen-bond donors (Lipinski definition) is 0. The number of sulfonamides is 1. The molecule has 1 atom stereocenters. The van der Waals surface area contributed by atoms with Crippen molar-refractivity contribution in [2.45, 2.75) is 55.6 Å². The summed E-state index contributed by atoms with van der Waals surface area (Å²) in [6, 6.07) is 1.59. The molecule has 10 heteroatoms. The van der Waals surface area contributed by atoms with Crippen LogP contribution in [0.5, 0.6) is 0 Å². The van der Waals surface area contributed by atoms with Crippen LogP contribution in [0.1, 0.15) is 57.3 Å². The van der Waals surface area contributed by atoms with Crippen molar-refractivity contribution in [3.05, 3.63) is 17.3 Å². The van der Waals surface area contributed by atoms with E-state index in [1.807, 2.05) is 0 Å². The summed E-state index contributed by atoms with van der Waals surface area (Å²) in [7, 11) is -3.68. The van der Waals surface area contributed by atoms with Crippen molar-refractivity contribution < 1.29 is 22.5 Å². The Hall–Kier alpha value is -1.78. The number of carbonyl (C=O) groups is 1. The van der Waals surface area contributed by atoms with E-state index in [-0.39, 0.29) is 16.7 Å². The number of aromatic nitrogens is 2. The lowest BCUT2D eigenvalue weighted by atomic mass is 10.0. The molecular weight excluding hydrogens is 414 g/mol. The second-order valence-electron chi connectivity index (χ2n) is 7.55. The monoisotopic (exact) mass is 439 g/mol. The number of esters is 1. The molecule has 8 nitrogen and oxygen atoms in total. The van der Waals surface area contributed by atoms with Crippen LogP contribution >= 0.6 is 11.3 Å². The Morgan fingerprint density at radius 3 is 2.86 bits per heavy atom. The molecule has 1 aliphatic carbocycles. The first-order valence-electron chi connectivity index (χ1n) is 10.1. The molecule has 4 rings (SSSR count). The summed E-state index contributed by atoms with van der Waals surface area (Å²) < 4.78 is 38.3. The minimum atomic E-state index is -3.68. The van der Waals surface area contributed by atoms with Gasteiger partial charge in [-0.2, -0.15) is 9.29 Å². The van der Waals surface area contributed by atoms with E-state index in [9.17, 15) is 13.2 Å². The van der Waals surface area contributed by atoms with Gasteiger partial charge in [0.2, 0.25) is 11.7 Å². The Kier molecular flexibility index (Phi) is 6.03. The zero-order valence-corrected chi connectivity index (χ0v) is 18.0. The largest absolute Gasteiger partial charge is 0.466 e. The number of carbonyl (C=O) groups excluding carboxylic acids is 1. The molecule has 29 heavy (non-hydrogen) atoms. The molecule has 2 aromatic rings. The van der Waals surface area contributed by atoms with Crippen LogP contribution in [0, 0.1) is 5.92 Å². The summed E-state index contributed by atoms with van der Waals surface area (Å²) in [5.41, 5.74) is 0.639. The summed E-state index contributed by atoms with van der Waals surface area (Å²) in [6.45, 7) is 2.60. The van der Waals surface area contributed by atoms with E-state index in [1.165, 1.54) is 17.1 Å². The van der Waals surface area contributed by atoms with Crippen LogP contribution < -0.4 is 0 Å². The third kappa shape index (κ3) is 4.24. The fraction of sp³-hybridized carbons (Fsp3) is 0.632. The van der Waals surface area contributed by atoms with Gasteiger partial charge >= 0.3 is 5.97 Å². The van der Waals surface area contributed by atoms with Gasteiger partial charge in [-0.3, -0.25) is 4.79 Å². The highest BCUT2D eigenvalue weighted by molar-refractivity contribution is 7.91. The standard InChI is InChI=1S/C19H25N3O5S2/c1-2-26-19(23)14-8-5-9-22(11-14)29(24,25)16-10-15(12-28-16)17-20-18(27-21-17)13-6-3-4-7-13/h10,12-14H,2-9,11H2,1H3/t14-/m0/s1. The molecule has 0 radical (unpaired) electrons. The maximum Gasteiger partial charge on any atom is 0.310 e. The van der Waals surface area contributed by atoms with Gasteiger partial charge in [0.15, 0.2) is 0 Å². The molecular formula is C19H25N3O5S2. The number of hydrogen-bond acceptors (Lipinski definition) is 8. The minimum Gasteiger partial charge on any atom is -0.466 e. The summed E-state index contributed by atoms with van der Waals surface area (Å²) in [5.74, 6) is 0.634. The average molecular weight is 440 g/mol. The first-order valence-corrected chi connectivity index (χ1v) is 12.4. The first-order chi connectivity index (χ1) is 14.0. The molecule has 0 aromatic carbocycles. The predicted octanol–water partition coefficient (Wildman–Crippen LogP) is 3.42. The van der Waals surface area contributed by atoms with Crippen LogP contribution in [0.15, 0.2) is 20.2 Å². The SMILES string of the molecule is CCOC(=O)[C@H]1CCCN(S(=O)(=O)c2cc(-c3noc(C4CCCC4)n3)cs2)C1.